The molecule has 170 valence electrons. The van der Waals surface area contributed by atoms with Gasteiger partial charge in [-0.1, -0.05) is 12.8 Å². The van der Waals surface area contributed by atoms with E-state index in [0.717, 1.165) is 36.6 Å². The van der Waals surface area contributed by atoms with E-state index in [2.05, 4.69) is 25.4 Å². The second-order valence-corrected chi connectivity index (χ2v) is 7.98. The first-order valence-electron chi connectivity index (χ1n) is 10.9. The standard InChI is InChI=1S/C22H28N6O4/c1-3-32-21(29)14-28-20(24-25-26-28)13-27(17-6-4-5-7-17)12-16-10-15-8-9-18(31-2)11-19(15)23-22(16)30/h8-11,17H,3-7,12-14H2,1-2H3,(H,23,30). The van der Waals surface area contributed by atoms with Gasteiger partial charge in [0.1, 0.15) is 12.3 Å². The van der Waals surface area contributed by atoms with E-state index < -0.39 is 0 Å². The van der Waals surface area contributed by atoms with Crippen LogP contribution in [0.25, 0.3) is 10.9 Å². The smallest absolute Gasteiger partial charge is 0.327 e. The second kappa shape index (κ2) is 9.90. The molecule has 0 radical (unpaired) electrons. The molecule has 0 amide bonds. The minimum atomic E-state index is -0.380. The summed E-state index contributed by atoms with van der Waals surface area (Å²) in [6.07, 6.45) is 4.43. The maximum atomic E-state index is 12.8. The SMILES string of the molecule is CCOC(=O)Cn1nnnc1CN(Cc1cc2ccc(OC)cc2[nH]c1=O)C1CCCC1. The number of nitrogens with one attached hydrogen (secondary N) is 1. The molecule has 1 saturated carbocycles. The number of benzene rings is 1. The molecule has 1 aromatic carbocycles. The number of esters is 1. The topological polar surface area (TPSA) is 115 Å². The Bertz CT molecular complexity index is 1130. The lowest BCUT2D eigenvalue weighted by Crippen LogP contribution is -2.35. The zero-order valence-electron chi connectivity index (χ0n) is 18.4. The fourth-order valence-electron chi connectivity index (χ4n) is 4.24. The van der Waals surface area contributed by atoms with E-state index in [-0.39, 0.29) is 18.1 Å². The van der Waals surface area contributed by atoms with E-state index in [1.165, 1.54) is 4.68 Å². The summed E-state index contributed by atoms with van der Waals surface area (Å²) in [5, 5.41) is 12.8. The van der Waals surface area contributed by atoms with Crippen LogP contribution >= 0.6 is 0 Å². The molecule has 0 saturated heterocycles. The maximum absolute atomic E-state index is 12.8. The van der Waals surface area contributed by atoms with Crippen molar-refractivity contribution < 1.29 is 14.3 Å². The predicted octanol–water partition coefficient (Wildman–Crippen LogP) is 2.03. The van der Waals surface area contributed by atoms with Crippen molar-refractivity contribution in [3.05, 3.63) is 46.0 Å². The van der Waals surface area contributed by atoms with Crippen molar-refractivity contribution in [3.63, 3.8) is 0 Å². The van der Waals surface area contributed by atoms with E-state index >= 15 is 0 Å². The number of carbonyl (C=O) groups excluding carboxylic acids is 1. The number of pyridine rings is 1. The zero-order chi connectivity index (χ0) is 22.5. The number of H-pyrrole nitrogens is 1. The summed E-state index contributed by atoms with van der Waals surface area (Å²) in [5.74, 6) is 0.892. The number of carbonyl (C=O) groups is 1. The van der Waals surface area contributed by atoms with Crippen molar-refractivity contribution in [1.82, 2.24) is 30.1 Å². The van der Waals surface area contributed by atoms with E-state index in [9.17, 15) is 9.59 Å². The van der Waals surface area contributed by atoms with E-state index in [1.807, 2.05) is 24.3 Å². The van der Waals surface area contributed by atoms with Gasteiger partial charge in [-0.15, -0.1) is 5.10 Å². The van der Waals surface area contributed by atoms with Crippen LogP contribution in [0.15, 0.2) is 29.1 Å². The summed E-state index contributed by atoms with van der Waals surface area (Å²) < 4.78 is 11.7. The highest BCUT2D eigenvalue weighted by Crippen LogP contribution is 2.26. The lowest BCUT2D eigenvalue weighted by atomic mass is 10.1. The number of ether oxygens (including phenoxy) is 2. The first-order chi connectivity index (χ1) is 15.6. The molecule has 10 nitrogen and oxygen atoms in total. The lowest BCUT2D eigenvalue weighted by molar-refractivity contribution is -0.144. The van der Waals surface area contributed by atoms with Crippen molar-refractivity contribution in [3.8, 4) is 5.75 Å². The van der Waals surface area contributed by atoms with Crippen LogP contribution in [0, 0.1) is 0 Å². The average molecular weight is 441 g/mol. The van der Waals surface area contributed by atoms with Crippen LogP contribution in [-0.2, 0) is 29.2 Å². The number of aromatic amines is 1. The Kier molecular flexibility index (Phi) is 6.79. The van der Waals surface area contributed by atoms with Crippen molar-refractivity contribution in [1.29, 1.82) is 0 Å². The van der Waals surface area contributed by atoms with Gasteiger partial charge in [0.15, 0.2) is 5.82 Å². The average Bonchev–Trinajstić information content (AvgIpc) is 3.46. The summed E-state index contributed by atoms with van der Waals surface area (Å²) in [7, 11) is 1.60. The normalized spacial score (nSPS) is 14.3. The summed E-state index contributed by atoms with van der Waals surface area (Å²) in [6.45, 7) is 2.94. The molecule has 1 fully saturated rings. The Morgan fingerprint density at radius 2 is 2.06 bits per heavy atom. The number of hydrogen-bond acceptors (Lipinski definition) is 8. The third-order valence-electron chi connectivity index (χ3n) is 5.88. The van der Waals surface area contributed by atoms with Gasteiger partial charge >= 0.3 is 5.97 Å². The van der Waals surface area contributed by atoms with Gasteiger partial charge in [-0.2, -0.15) is 0 Å². The van der Waals surface area contributed by atoms with Crippen LogP contribution in [-0.4, -0.2) is 55.8 Å². The third kappa shape index (κ3) is 4.96. The maximum Gasteiger partial charge on any atom is 0.327 e. The monoisotopic (exact) mass is 440 g/mol. The number of rotatable bonds is 9. The number of fused-ring (bicyclic) bond motifs is 1. The fraction of sp³-hybridized carbons (Fsp3) is 0.500. The molecule has 0 spiro atoms. The van der Waals surface area contributed by atoms with Gasteiger partial charge in [-0.3, -0.25) is 14.5 Å². The number of tetrazole rings is 1. The first kappa shape index (κ1) is 21.9. The number of hydrogen-bond donors (Lipinski definition) is 1. The lowest BCUT2D eigenvalue weighted by Gasteiger charge is -2.28. The molecule has 2 heterocycles. The molecule has 10 heteroatoms. The van der Waals surface area contributed by atoms with Gasteiger partial charge in [0.2, 0.25) is 0 Å². The largest absolute Gasteiger partial charge is 0.497 e. The number of nitrogens with zero attached hydrogens (tertiary/aromatic N) is 5. The Morgan fingerprint density at radius 1 is 1.25 bits per heavy atom. The molecule has 0 unspecified atom stereocenters. The van der Waals surface area contributed by atoms with Crippen LogP contribution in [0.5, 0.6) is 5.75 Å². The minimum absolute atomic E-state index is 0.0347. The minimum Gasteiger partial charge on any atom is -0.497 e. The van der Waals surface area contributed by atoms with Crippen LogP contribution in [0.2, 0.25) is 0 Å². The Morgan fingerprint density at radius 3 is 2.81 bits per heavy atom. The van der Waals surface area contributed by atoms with Crippen molar-refractivity contribution in [2.75, 3.05) is 13.7 Å². The van der Waals surface area contributed by atoms with Crippen LogP contribution in [0.3, 0.4) is 0 Å². The predicted molar refractivity (Wildman–Crippen MR) is 117 cm³/mol. The molecule has 1 N–H and O–H groups in total. The number of methoxy groups -OCH3 is 1. The van der Waals surface area contributed by atoms with E-state index in [1.54, 1.807) is 14.0 Å². The van der Waals surface area contributed by atoms with Gasteiger partial charge in [0.25, 0.3) is 5.56 Å². The molecule has 0 aliphatic heterocycles. The fourth-order valence-corrected chi connectivity index (χ4v) is 4.24. The highest BCUT2D eigenvalue weighted by atomic mass is 16.5. The Balaban J connectivity index is 1.58. The van der Waals surface area contributed by atoms with E-state index in [0.29, 0.717) is 42.9 Å². The molecule has 1 aliphatic carbocycles. The van der Waals surface area contributed by atoms with Crippen LogP contribution in [0.4, 0.5) is 0 Å². The highest BCUT2D eigenvalue weighted by molar-refractivity contribution is 5.80. The molecular weight excluding hydrogens is 412 g/mol. The van der Waals surface area contributed by atoms with E-state index in [4.69, 9.17) is 9.47 Å². The van der Waals surface area contributed by atoms with Gasteiger partial charge in [0.05, 0.1) is 25.8 Å². The molecule has 1 aliphatic rings. The van der Waals surface area contributed by atoms with Crippen LogP contribution < -0.4 is 10.3 Å². The number of aromatic nitrogens is 5. The Labute approximate surface area is 185 Å². The van der Waals surface area contributed by atoms with Crippen LogP contribution in [0.1, 0.15) is 44.0 Å². The van der Waals surface area contributed by atoms with Gasteiger partial charge in [-0.05, 0) is 53.8 Å². The molecule has 0 atom stereocenters. The van der Waals surface area contributed by atoms with Gasteiger partial charge in [-0.25, -0.2) is 4.68 Å². The van der Waals surface area contributed by atoms with Gasteiger partial charge in [0, 0.05) is 24.2 Å². The summed E-state index contributed by atoms with van der Waals surface area (Å²) in [5.41, 5.74) is 1.29. The molecule has 2 aromatic heterocycles. The first-order valence-corrected chi connectivity index (χ1v) is 10.9. The molecule has 3 aromatic rings. The van der Waals surface area contributed by atoms with Crippen molar-refractivity contribution in [2.24, 2.45) is 0 Å². The third-order valence-corrected chi connectivity index (χ3v) is 5.88. The zero-order valence-corrected chi connectivity index (χ0v) is 18.4. The molecule has 0 bridgehead atoms. The van der Waals surface area contributed by atoms with Gasteiger partial charge < -0.3 is 14.5 Å². The summed E-state index contributed by atoms with van der Waals surface area (Å²) >= 11 is 0. The van der Waals surface area contributed by atoms with Crippen molar-refractivity contribution >= 4 is 16.9 Å². The highest BCUT2D eigenvalue weighted by Gasteiger charge is 2.26. The van der Waals surface area contributed by atoms with Crippen molar-refractivity contribution in [2.45, 2.75) is 58.3 Å². The summed E-state index contributed by atoms with van der Waals surface area (Å²) in [4.78, 5) is 30.0. The quantitative estimate of drug-likeness (QED) is 0.503. The second-order valence-electron chi connectivity index (χ2n) is 7.98. The molecular formula is C22H28N6O4. The molecule has 4 rings (SSSR count). The summed E-state index contributed by atoms with van der Waals surface area (Å²) in [6, 6.07) is 7.89. The Hall–Kier alpha value is -3.27. The molecule has 32 heavy (non-hydrogen) atoms.